The Labute approximate surface area is 118 Å². The van der Waals surface area contributed by atoms with Crippen molar-refractivity contribution in [1.82, 2.24) is 14.8 Å². The Kier molecular flexibility index (Phi) is 3.58. The molecule has 0 spiro atoms. The van der Waals surface area contributed by atoms with Crippen molar-refractivity contribution in [3.8, 4) is 0 Å². The van der Waals surface area contributed by atoms with Crippen LogP contribution >= 0.6 is 0 Å². The number of hydrogen-bond acceptors (Lipinski definition) is 5. The van der Waals surface area contributed by atoms with Crippen LogP contribution in [0.5, 0.6) is 0 Å². The average molecular weight is 276 g/mol. The van der Waals surface area contributed by atoms with Crippen molar-refractivity contribution >= 4 is 11.7 Å². The minimum atomic E-state index is -0.0375. The monoisotopic (exact) mass is 276 g/mol. The summed E-state index contributed by atoms with van der Waals surface area (Å²) in [5.41, 5.74) is 6.09. The highest BCUT2D eigenvalue weighted by molar-refractivity contribution is 5.92. The summed E-state index contributed by atoms with van der Waals surface area (Å²) in [4.78, 5) is 20.9. The highest BCUT2D eigenvalue weighted by Crippen LogP contribution is 2.19. The number of hydrogen-bond donors (Lipinski definition) is 1. The Morgan fingerprint density at radius 1 is 1.35 bits per heavy atom. The summed E-state index contributed by atoms with van der Waals surface area (Å²) in [5.74, 6) is 0.702. The van der Waals surface area contributed by atoms with Gasteiger partial charge in [0.1, 0.15) is 11.5 Å². The molecular formula is C14H20N4O2. The Balaban J connectivity index is 1.81. The second kappa shape index (κ2) is 5.38. The minimum absolute atomic E-state index is 0.0375. The molecule has 0 saturated carbocycles. The lowest BCUT2D eigenvalue weighted by Gasteiger charge is -2.29. The van der Waals surface area contributed by atoms with Crippen LogP contribution in [-0.4, -0.2) is 66.6 Å². The third-order valence-corrected chi connectivity index (χ3v) is 4.02. The van der Waals surface area contributed by atoms with Gasteiger partial charge in [-0.25, -0.2) is 4.98 Å². The molecule has 2 N–H and O–H groups in total. The Morgan fingerprint density at radius 2 is 2.20 bits per heavy atom. The van der Waals surface area contributed by atoms with Crippen LogP contribution < -0.4 is 5.73 Å². The van der Waals surface area contributed by atoms with Gasteiger partial charge in [-0.15, -0.1) is 0 Å². The fourth-order valence-corrected chi connectivity index (χ4v) is 2.95. The summed E-state index contributed by atoms with van der Waals surface area (Å²) >= 11 is 0. The van der Waals surface area contributed by atoms with Crippen molar-refractivity contribution in [2.45, 2.75) is 6.04 Å². The molecule has 1 aromatic rings. The topological polar surface area (TPSA) is 71.7 Å². The summed E-state index contributed by atoms with van der Waals surface area (Å²) in [6, 6.07) is 5.44. The van der Waals surface area contributed by atoms with Gasteiger partial charge in [-0.1, -0.05) is 6.07 Å². The number of carbonyl (C=O) groups excluding carboxylic acids is 1. The number of anilines is 1. The Hall–Kier alpha value is -1.66. The zero-order valence-corrected chi connectivity index (χ0v) is 11.7. The van der Waals surface area contributed by atoms with Crippen LogP contribution in [0.2, 0.25) is 0 Å². The first-order valence-corrected chi connectivity index (χ1v) is 6.93. The molecule has 1 amide bonds. The van der Waals surface area contributed by atoms with Crippen LogP contribution in [0.25, 0.3) is 0 Å². The van der Waals surface area contributed by atoms with Gasteiger partial charge >= 0.3 is 0 Å². The third-order valence-electron chi connectivity index (χ3n) is 4.02. The first-order valence-electron chi connectivity index (χ1n) is 6.93. The van der Waals surface area contributed by atoms with Gasteiger partial charge in [0.05, 0.1) is 19.3 Å². The minimum Gasteiger partial charge on any atom is -0.384 e. The Bertz CT molecular complexity index is 508. The van der Waals surface area contributed by atoms with E-state index >= 15 is 0 Å². The first-order chi connectivity index (χ1) is 9.63. The molecule has 2 fully saturated rings. The molecule has 3 rings (SSSR count). The number of rotatable bonds is 1. The van der Waals surface area contributed by atoms with Gasteiger partial charge in [0, 0.05) is 25.6 Å². The van der Waals surface area contributed by atoms with Crippen LogP contribution in [0.3, 0.4) is 0 Å². The van der Waals surface area contributed by atoms with Crippen LogP contribution in [-0.2, 0) is 4.74 Å². The molecule has 2 bridgehead atoms. The van der Waals surface area contributed by atoms with E-state index in [0.717, 1.165) is 19.7 Å². The van der Waals surface area contributed by atoms with Gasteiger partial charge in [0.25, 0.3) is 5.91 Å². The number of amides is 1. The van der Waals surface area contributed by atoms with E-state index in [0.29, 0.717) is 30.6 Å². The number of ether oxygens (including phenoxy) is 1. The summed E-state index contributed by atoms with van der Waals surface area (Å²) < 4.78 is 5.67. The second-order valence-corrected chi connectivity index (χ2v) is 5.65. The maximum Gasteiger partial charge on any atom is 0.272 e. The van der Waals surface area contributed by atoms with E-state index in [4.69, 9.17) is 10.5 Å². The number of fused-ring (bicyclic) bond motifs is 3. The summed E-state index contributed by atoms with van der Waals surface area (Å²) in [5, 5.41) is 0. The molecule has 2 aliphatic rings. The van der Waals surface area contributed by atoms with Crippen molar-refractivity contribution in [3.05, 3.63) is 23.9 Å². The molecule has 2 atom stereocenters. The molecule has 0 radical (unpaired) electrons. The van der Waals surface area contributed by atoms with Gasteiger partial charge in [0.15, 0.2) is 0 Å². The molecule has 6 heteroatoms. The predicted octanol–water partition coefficient (Wildman–Crippen LogP) is 0.0664. The number of nitrogen functional groups attached to an aromatic ring is 1. The van der Waals surface area contributed by atoms with Gasteiger partial charge in [-0.05, 0) is 19.2 Å². The molecule has 0 aromatic carbocycles. The van der Waals surface area contributed by atoms with Crippen molar-refractivity contribution in [2.24, 2.45) is 5.92 Å². The van der Waals surface area contributed by atoms with E-state index in [1.165, 1.54) is 0 Å². The average Bonchev–Trinajstić information content (AvgIpc) is 2.66. The van der Waals surface area contributed by atoms with Crippen LogP contribution in [0.15, 0.2) is 18.2 Å². The standard InChI is InChI=1S/C14H20N4O2/c1-17-5-10-6-18(7-11(17)9-20-8-10)14(19)12-3-2-4-13(15)16-12/h2-4,10-11H,5-9H2,1H3,(H2,15,16)/t10-,11+/m1/s1. The maximum absolute atomic E-state index is 12.6. The largest absolute Gasteiger partial charge is 0.384 e. The van der Waals surface area contributed by atoms with E-state index < -0.39 is 0 Å². The van der Waals surface area contributed by atoms with Crippen molar-refractivity contribution < 1.29 is 9.53 Å². The predicted molar refractivity (Wildman–Crippen MR) is 75.3 cm³/mol. The first kappa shape index (κ1) is 13.3. The second-order valence-electron chi connectivity index (χ2n) is 5.65. The van der Waals surface area contributed by atoms with Crippen molar-refractivity contribution in [3.63, 3.8) is 0 Å². The summed E-state index contributed by atoms with van der Waals surface area (Å²) in [6.45, 7) is 3.77. The fraction of sp³-hybridized carbons (Fsp3) is 0.571. The van der Waals surface area contributed by atoms with E-state index in [1.54, 1.807) is 18.2 Å². The van der Waals surface area contributed by atoms with Crippen molar-refractivity contribution in [1.29, 1.82) is 0 Å². The van der Waals surface area contributed by atoms with E-state index in [9.17, 15) is 4.79 Å². The van der Waals surface area contributed by atoms with E-state index in [2.05, 4.69) is 16.9 Å². The Morgan fingerprint density at radius 3 is 3.00 bits per heavy atom. The van der Waals surface area contributed by atoms with Gasteiger partial charge in [0.2, 0.25) is 0 Å². The molecule has 0 aliphatic carbocycles. The summed E-state index contributed by atoms with van der Waals surface area (Å²) in [7, 11) is 2.10. The van der Waals surface area contributed by atoms with Gasteiger partial charge in [-0.3, -0.25) is 9.69 Å². The van der Waals surface area contributed by atoms with Gasteiger partial charge < -0.3 is 15.4 Å². The smallest absolute Gasteiger partial charge is 0.272 e. The van der Waals surface area contributed by atoms with Gasteiger partial charge in [-0.2, -0.15) is 0 Å². The molecular weight excluding hydrogens is 256 g/mol. The van der Waals surface area contributed by atoms with Crippen LogP contribution in [0, 0.1) is 5.92 Å². The molecule has 3 heterocycles. The SMILES string of the molecule is CN1C[C@H]2COC[C@@H]1CN(C(=O)c1cccc(N)n1)C2. The lowest BCUT2D eigenvalue weighted by atomic mass is 10.1. The molecule has 1 aromatic heterocycles. The van der Waals surface area contributed by atoms with Crippen molar-refractivity contribution in [2.75, 3.05) is 45.6 Å². The van der Waals surface area contributed by atoms with E-state index in [-0.39, 0.29) is 11.9 Å². The highest BCUT2D eigenvalue weighted by Gasteiger charge is 2.33. The fourth-order valence-electron chi connectivity index (χ4n) is 2.95. The molecule has 2 aliphatic heterocycles. The number of aromatic nitrogens is 1. The third kappa shape index (κ3) is 2.62. The quantitative estimate of drug-likeness (QED) is 0.785. The lowest BCUT2D eigenvalue weighted by molar-refractivity contribution is 0.0430. The molecule has 0 unspecified atom stereocenters. The molecule has 108 valence electrons. The number of carbonyl (C=O) groups is 1. The highest BCUT2D eigenvalue weighted by atomic mass is 16.5. The summed E-state index contributed by atoms with van der Waals surface area (Å²) in [6.07, 6.45) is 0. The van der Waals surface area contributed by atoms with Crippen LogP contribution in [0.1, 0.15) is 10.5 Å². The zero-order valence-electron chi connectivity index (χ0n) is 11.7. The maximum atomic E-state index is 12.6. The number of nitrogens with two attached hydrogens (primary N) is 1. The number of likely N-dealkylation sites (N-methyl/N-ethyl adjacent to an activating group) is 1. The molecule has 2 saturated heterocycles. The number of pyridine rings is 1. The zero-order chi connectivity index (χ0) is 14.1. The lowest BCUT2D eigenvalue weighted by Crippen LogP contribution is -2.45. The normalized spacial score (nSPS) is 27.1. The molecule has 20 heavy (non-hydrogen) atoms. The van der Waals surface area contributed by atoms with E-state index in [1.807, 2.05) is 4.90 Å². The molecule has 6 nitrogen and oxygen atoms in total. The van der Waals surface area contributed by atoms with Crippen LogP contribution in [0.4, 0.5) is 5.82 Å². The number of nitrogens with zero attached hydrogens (tertiary/aromatic N) is 3.